The number of anilines is 1. The predicted octanol–water partition coefficient (Wildman–Crippen LogP) is 1.38. The van der Waals surface area contributed by atoms with Crippen LogP contribution in [0.5, 0.6) is 5.75 Å². The second-order valence-electron chi connectivity index (χ2n) is 7.64. The van der Waals surface area contributed by atoms with Gasteiger partial charge in [0.1, 0.15) is 17.9 Å². The number of nitrogens with zero attached hydrogens (tertiary/aromatic N) is 4. The summed E-state index contributed by atoms with van der Waals surface area (Å²) in [5.41, 5.74) is 3.45. The minimum Gasteiger partial charge on any atom is -0.493 e. The topological polar surface area (TPSA) is 98.5 Å². The minimum absolute atomic E-state index is 0.236. The summed E-state index contributed by atoms with van der Waals surface area (Å²) in [6.45, 7) is 0.783. The maximum absolute atomic E-state index is 14.5. The fourth-order valence-electron chi connectivity index (χ4n) is 4.17. The van der Waals surface area contributed by atoms with Crippen LogP contribution in [0.15, 0.2) is 42.9 Å². The monoisotopic (exact) mass is 449 g/mol. The summed E-state index contributed by atoms with van der Waals surface area (Å²) in [7, 11) is -3.33. The number of benzene rings is 2. The van der Waals surface area contributed by atoms with Crippen molar-refractivity contribution in [2.75, 3.05) is 11.9 Å². The SMILES string of the molecule is O=S1(=O)C=c2ccc(-c3cnc(NCc4c(F)ccc5c4CCO5)n4cnnc34)cc2=C1. The van der Waals surface area contributed by atoms with E-state index in [0.717, 1.165) is 11.1 Å². The average molecular weight is 449 g/mol. The molecule has 0 unspecified atom stereocenters. The zero-order valence-electron chi connectivity index (χ0n) is 16.6. The molecule has 4 heterocycles. The van der Waals surface area contributed by atoms with Crippen LogP contribution in [-0.2, 0) is 22.8 Å². The third kappa shape index (κ3) is 3.02. The number of aromatic nitrogens is 4. The van der Waals surface area contributed by atoms with Crippen molar-refractivity contribution in [3.05, 3.63) is 70.2 Å². The molecule has 0 spiro atoms. The molecule has 0 saturated heterocycles. The van der Waals surface area contributed by atoms with Gasteiger partial charge in [0.2, 0.25) is 5.95 Å². The normalized spacial score (nSPS) is 15.5. The van der Waals surface area contributed by atoms with E-state index >= 15 is 0 Å². The molecular weight excluding hydrogens is 433 g/mol. The Morgan fingerprint density at radius 1 is 1.16 bits per heavy atom. The van der Waals surface area contributed by atoms with Gasteiger partial charge < -0.3 is 10.1 Å². The zero-order chi connectivity index (χ0) is 21.9. The third-order valence-electron chi connectivity index (χ3n) is 5.68. The van der Waals surface area contributed by atoms with Crippen LogP contribution >= 0.6 is 0 Å². The molecule has 0 amide bonds. The van der Waals surface area contributed by atoms with Gasteiger partial charge in [0.05, 0.1) is 6.61 Å². The smallest absolute Gasteiger partial charge is 0.210 e. The number of sulfone groups is 1. The summed E-state index contributed by atoms with van der Waals surface area (Å²) >= 11 is 0. The molecule has 0 fully saturated rings. The fourth-order valence-corrected chi connectivity index (χ4v) is 5.36. The van der Waals surface area contributed by atoms with Gasteiger partial charge in [-0.15, -0.1) is 10.2 Å². The molecule has 2 aromatic carbocycles. The van der Waals surface area contributed by atoms with Gasteiger partial charge in [0.15, 0.2) is 15.5 Å². The van der Waals surface area contributed by atoms with E-state index in [0.29, 0.717) is 51.9 Å². The van der Waals surface area contributed by atoms with Crippen LogP contribution in [0.2, 0.25) is 0 Å². The number of rotatable bonds is 4. The molecule has 8 nitrogen and oxygen atoms in total. The van der Waals surface area contributed by atoms with E-state index in [-0.39, 0.29) is 12.4 Å². The molecule has 1 N–H and O–H groups in total. The second-order valence-corrected chi connectivity index (χ2v) is 9.29. The van der Waals surface area contributed by atoms with Gasteiger partial charge in [-0.05, 0) is 34.2 Å². The largest absolute Gasteiger partial charge is 0.493 e. The second kappa shape index (κ2) is 6.86. The van der Waals surface area contributed by atoms with E-state index in [4.69, 9.17) is 4.74 Å². The summed E-state index contributed by atoms with van der Waals surface area (Å²) in [6.07, 6.45) is 3.85. The van der Waals surface area contributed by atoms with E-state index in [1.54, 1.807) is 28.8 Å². The lowest BCUT2D eigenvalue weighted by atomic mass is 10.0. The molecule has 160 valence electrons. The molecule has 32 heavy (non-hydrogen) atoms. The molecule has 0 atom stereocenters. The van der Waals surface area contributed by atoms with Crippen molar-refractivity contribution in [1.29, 1.82) is 0 Å². The van der Waals surface area contributed by atoms with Gasteiger partial charge in [0.25, 0.3) is 0 Å². The first-order valence-corrected chi connectivity index (χ1v) is 11.5. The van der Waals surface area contributed by atoms with Crippen molar-refractivity contribution in [3.63, 3.8) is 0 Å². The highest BCUT2D eigenvalue weighted by Crippen LogP contribution is 2.31. The Labute approximate surface area is 181 Å². The fraction of sp³-hybridized carbons (Fsp3) is 0.136. The first kappa shape index (κ1) is 18.9. The standard InChI is InChI=1S/C22H16FN5O3S/c23-19-3-4-20-16(5-6-31-20)18(19)9-25-22-24-8-17(21-27-26-12-28(21)22)13-1-2-14-10-32(29,30)11-15(14)7-13/h1-4,7-8,10-12H,5-6,9H2,(H,24,25). The summed E-state index contributed by atoms with van der Waals surface area (Å²) in [5.74, 6) is 0.890. The number of ether oxygens (including phenoxy) is 1. The molecule has 6 rings (SSSR count). The van der Waals surface area contributed by atoms with Crippen LogP contribution in [0.1, 0.15) is 11.1 Å². The summed E-state index contributed by atoms with van der Waals surface area (Å²) in [5, 5.41) is 15.2. The summed E-state index contributed by atoms with van der Waals surface area (Å²) in [6, 6.07) is 8.44. The molecule has 2 aliphatic rings. The highest BCUT2D eigenvalue weighted by molar-refractivity contribution is 8.06. The maximum atomic E-state index is 14.5. The molecule has 10 heteroatoms. The van der Waals surface area contributed by atoms with Crippen molar-refractivity contribution < 1.29 is 17.5 Å². The van der Waals surface area contributed by atoms with Crippen molar-refractivity contribution in [2.45, 2.75) is 13.0 Å². The van der Waals surface area contributed by atoms with Crippen molar-refractivity contribution in [2.24, 2.45) is 0 Å². The Bertz CT molecular complexity index is 1650. The number of hydrogen-bond acceptors (Lipinski definition) is 7. The van der Waals surface area contributed by atoms with Gasteiger partial charge in [0, 0.05) is 46.7 Å². The van der Waals surface area contributed by atoms with E-state index in [1.807, 2.05) is 6.07 Å². The Hall–Kier alpha value is -3.79. The molecule has 2 aliphatic heterocycles. The van der Waals surface area contributed by atoms with Gasteiger partial charge in [-0.2, -0.15) is 0 Å². The van der Waals surface area contributed by atoms with Crippen LogP contribution in [0.3, 0.4) is 0 Å². The van der Waals surface area contributed by atoms with Crippen LogP contribution in [0.4, 0.5) is 10.3 Å². The number of nitrogens with one attached hydrogen (secondary N) is 1. The molecule has 2 aromatic heterocycles. The van der Waals surface area contributed by atoms with Crippen molar-refractivity contribution in [1.82, 2.24) is 19.6 Å². The van der Waals surface area contributed by atoms with Crippen LogP contribution in [0, 0.1) is 5.82 Å². The van der Waals surface area contributed by atoms with E-state index in [1.165, 1.54) is 23.2 Å². The molecular formula is C22H16FN5O3S. The van der Waals surface area contributed by atoms with E-state index in [2.05, 4.69) is 20.5 Å². The Morgan fingerprint density at radius 3 is 2.94 bits per heavy atom. The highest BCUT2D eigenvalue weighted by Gasteiger charge is 2.20. The van der Waals surface area contributed by atoms with Crippen LogP contribution in [0.25, 0.3) is 27.6 Å². The minimum atomic E-state index is -3.33. The number of fused-ring (bicyclic) bond motifs is 3. The Kier molecular flexibility index (Phi) is 4.06. The van der Waals surface area contributed by atoms with Gasteiger partial charge >= 0.3 is 0 Å². The predicted molar refractivity (Wildman–Crippen MR) is 116 cm³/mol. The van der Waals surface area contributed by atoms with Gasteiger partial charge in [-0.25, -0.2) is 17.8 Å². The summed E-state index contributed by atoms with van der Waals surface area (Å²) in [4.78, 5) is 4.50. The van der Waals surface area contributed by atoms with Crippen molar-refractivity contribution >= 4 is 32.2 Å². The lowest BCUT2D eigenvalue weighted by Gasteiger charge is -2.12. The first-order valence-electron chi connectivity index (χ1n) is 9.93. The molecule has 0 saturated carbocycles. The molecule has 0 aliphatic carbocycles. The van der Waals surface area contributed by atoms with Crippen LogP contribution in [-0.4, -0.2) is 34.6 Å². The van der Waals surface area contributed by atoms with Gasteiger partial charge in [-0.1, -0.05) is 12.1 Å². The first-order chi connectivity index (χ1) is 15.5. The quantitative estimate of drug-likeness (QED) is 0.503. The number of hydrogen-bond donors (Lipinski definition) is 1. The highest BCUT2D eigenvalue weighted by atomic mass is 32.2. The third-order valence-corrected chi connectivity index (χ3v) is 6.84. The van der Waals surface area contributed by atoms with Crippen molar-refractivity contribution in [3.8, 4) is 16.9 Å². The molecule has 4 aromatic rings. The lowest BCUT2D eigenvalue weighted by molar-refractivity contribution is 0.356. The zero-order valence-corrected chi connectivity index (χ0v) is 17.4. The molecule has 0 bridgehead atoms. The maximum Gasteiger partial charge on any atom is 0.210 e. The Morgan fingerprint density at radius 2 is 2.03 bits per heavy atom. The van der Waals surface area contributed by atoms with E-state index < -0.39 is 9.84 Å². The Balaban J connectivity index is 1.37. The lowest BCUT2D eigenvalue weighted by Crippen LogP contribution is -2.20. The number of halogens is 1. The van der Waals surface area contributed by atoms with Gasteiger partial charge in [-0.3, -0.25) is 4.40 Å². The average Bonchev–Trinajstić information content (AvgIpc) is 3.49. The van der Waals surface area contributed by atoms with E-state index in [9.17, 15) is 12.8 Å². The summed E-state index contributed by atoms with van der Waals surface area (Å²) < 4.78 is 45.4. The van der Waals surface area contributed by atoms with Crippen LogP contribution < -0.4 is 20.5 Å². The molecule has 0 radical (unpaired) electrons.